The van der Waals surface area contributed by atoms with Crippen molar-refractivity contribution in [1.82, 2.24) is 4.98 Å². The summed E-state index contributed by atoms with van der Waals surface area (Å²) in [6, 6.07) is 6.54. The highest BCUT2D eigenvalue weighted by Crippen LogP contribution is 2.36. The van der Waals surface area contributed by atoms with Crippen LogP contribution in [0.4, 0.5) is 5.69 Å². The van der Waals surface area contributed by atoms with Crippen LogP contribution >= 0.6 is 11.6 Å². The maximum atomic E-state index is 12.2. The van der Waals surface area contributed by atoms with Gasteiger partial charge in [0.15, 0.2) is 11.5 Å². The lowest BCUT2D eigenvalue weighted by atomic mass is 10.2. The van der Waals surface area contributed by atoms with Gasteiger partial charge in [-0.3, -0.25) is 9.78 Å². The molecule has 0 bridgehead atoms. The van der Waals surface area contributed by atoms with Gasteiger partial charge in [-0.05, 0) is 31.2 Å². The van der Waals surface area contributed by atoms with E-state index in [1.165, 1.54) is 7.11 Å². The van der Waals surface area contributed by atoms with E-state index in [0.29, 0.717) is 34.4 Å². The van der Waals surface area contributed by atoms with Crippen molar-refractivity contribution in [2.75, 3.05) is 19.0 Å². The first kappa shape index (κ1) is 15.1. The number of amides is 1. The van der Waals surface area contributed by atoms with Gasteiger partial charge in [0.2, 0.25) is 0 Å². The van der Waals surface area contributed by atoms with Gasteiger partial charge in [0.1, 0.15) is 0 Å². The van der Waals surface area contributed by atoms with Crippen LogP contribution in [0.3, 0.4) is 0 Å². The number of hydrogen-bond donors (Lipinski definition) is 1. The van der Waals surface area contributed by atoms with Crippen LogP contribution in [-0.4, -0.2) is 24.6 Å². The third-order valence-electron chi connectivity index (χ3n) is 2.72. The average molecular weight is 307 g/mol. The summed E-state index contributed by atoms with van der Waals surface area (Å²) in [6.07, 6.45) is 3.20. The summed E-state index contributed by atoms with van der Waals surface area (Å²) in [5, 5.41) is 3.08. The van der Waals surface area contributed by atoms with Crippen molar-refractivity contribution in [3.05, 3.63) is 47.2 Å². The number of rotatable bonds is 5. The van der Waals surface area contributed by atoms with Gasteiger partial charge in [0.05, 0.1) is 18.7 Å². The Morgan fingerprint density at radius 2 is 2.05 bits per heavy atom. The fraction of sp³-hybridized carbons (Fsp3) is 0.200. The molecule has 6 heteroatoms. The lowest BCUT2D eigenvalue weighted by Gasteiger charge is -2.13. The molecule has 0 saturated heterocycles. The number of ether oxygens (including phenoxy) is 2. The van der Waals surface area contributed by atoms with Crippen LogP contribution in [0.2, 0.25) is 5.02 Å². The molecule has 1 aromatic carbocycles. The Bertz CT molecular complexity index is 632. The van der Waals surface area contributed by atoms with Gasteiger partial charge in [0, 0.05) is 23.6 Å². The van der Waals surface area contributed by atoms with Crippen LogP contribution in [0.1, 0.15) is 17.3 Å². The van der Waals surface area contributed by atoms with Crippen molar-refractivity contribution in [1.29, 1.82) is 0 Å². The number of nitrogens with zero attached hydrogens (tertiary/aromatic N) is 1. The minimum atomic E-state index is -0.288. The zero-order chi connectivity index (χ0) is 15.2. The molecular formula is C15H15ClN2O3. The van der Waals surface area contributed by atoms with Crippen molar-refractivity contribution in [3.63, 3.8) is 0 Å². The first-order valence-electron chi connectivity index (χ1n) is 6.37. The zero-order valence-electron chi connectivity index (χ0n) is 11.7. The Morgan fingerprint density at radius 3 is 2.67 bits per heavy atom. The number of carbonyl (C=O) groups excluding carboxylic acids is 1. The van der Waals surface area contributed by atoms with Crippen LogP contribution in [0, 0.1) is 0 Å². The SMILES string of the molecule is CCOc1c(Cl)cc(C(=O)Nc2ccncc2)cc1OC. The van der Waals surface area contributed by atoms with Gasteiger partial charge in [0.25, 0.3) is 5.91 Å². The Morgan fingerprint density at radius 1 is 1.33 bits per heavy atom. The quantitative estimate of drug-likeness (QED) is 0.919. The molecule has 1 amide bonds. The van der Waals surface area contributed by atoms with Gasteiger partial charge in [-0.2, -0.15) is 0 Å². The van der Waals surface area contributed by atoms with Crippen molar-refractivity contribution in [2.24, 2.45) is 0 Å². The van der Waals surface area contributed by atoms with E-state index in [9.17, 15) is 4.79 Å². The van der Waals surface area contributed by atoms with Gasteiger partial charge < -0.3 is 14.8 Å². The molecule has 0 aliphatic carbocycles. The van der Waals surface area contributed by atoms with E-state index in [4.69, 9.17) is 21.1 Å². The smallest absolute Gasteiger partial charge is 0.255 e. The molecule has 2 rings (SSSR count). The minimum Gasteiger partial charge on any atom is -0.493 e. The molecule has 21 heavy (non-hydrogen) atoms. The normalized spacial score (nSPS) is 10.0. The van der Waals surface area contributed by atoms with E-state index < -0.39 is 0 Å². The number of halogens is 1. The number of pyridine rings is 1. The molecule has 110 valence electrons. The molecule has 0 aliphatic rings. The molecule has 0 unspecified atom stereocenters. The number of carbonyl (C=O) groups is 1. The molecular weight excluding hydrogens is 292 g/mol. The standard InChI is InChI=1S/C15H15ClN2O3/c1-3-21-14-12(16)8-10(9-13(14)20-2)15(19)18-11-4-6-17-7-5-11/h4-9H,3H2,1-2H3,(H,17,18,19). The largest absolute Gasteiger partial charge is 0.493 e. The average Bonchev–Trinajstić information content (AvgIpc) is 2.50. The van der Waals surface area contributed by atoms with Crippen LogP contribution in [0.5, 0.6) is 11.5 Å². The number of nitrogens with one attached hydrogen (secondary N) is 1. The molecule has 2 aromatic rings. The fourth-order valence-electron chi connectivity index (χ4n) is 1.77. The van der Waals surface area contributed by atoms with Crippen molar-refractivity contribution >= 4 is 23.2 Å². The first-order chi connectivity index (χ1) is 10.2. The number of aromatic nitrogens is 1. The first-order valence-corrected chi connectivity index (χ1v) is 6.75. The molecule has 0 radical (unpaired) electrons. The summed E-state index contributed by atoms with van der Waals surface area (Å²) in [5.74, 6) is 0.566. The fourth-order valence-corrected chi connectivity index (χ4v) is 2.04. The van der Waals surface area contributed by atoms with E-state index in [-0.39, 0.29) is 5.91 Å². The van der Waals surface area contributed by atoms with Crippen molar-refractivity contribution < 1.29 is 14.3 Å². The lowest BCUT2D eigenvalue weighted by molar-refractivity contribution is 0.102. The summed E-state index contributed by atoms with van der Waals surface area (Å²) in [5.41, 5.74) is 1.04. The predicted molar refractivity (Wildman–Crippen MR) is 81.4 cm³/mol. The third kappa shape index (κ3) is 3.64. The Balaban J connectivity index is 2.27. The van der Waals surface area contributed by atoms with Crippen molar-refractivity contribution in [2.45, 2.75) is 6.92 Å². The second-order valence-corrected chi connectivity index (χ2v) is 4.52. The summed E-state index contributed by atoms with van der Waals surface area (Å²) in [6.45, 7) is 2.30. The highest BCUT2D eigenvalue weighted by molar-refractivity contribution is 6.32. The predicted octanol–water partition coefficient (Wildman–Crippen LogP) is 3.39. The molecule has 0 saturated carbocycles. The highest BCUT2D eigenvalue weighted by atomic mass is 35.5. The number of benzene rings is 1. The Kier molecular flexibility index (Phi) is 5.00. The van der Waals surface area contributed by atoms with E-state index in [1.54, 1.807) is 36.7 Å². The monoisotopic (exact) mass is 306 g/mol. The van der Waals surface area contributed by atoms with Gasteiger partial charge in [-0.15, -0.1) is 0 Å². The maximum Gasteiger partial charge on any atom is 0.255 e. The Labute approximate surface area is 127 Å². The second kappa shape index (κ2) is 6.95. The van der Waals surface area contributed by atoms with Gasteiger partial charge in [-0.25, -0.2) is 0 Å². The van der Waals surface area contributed by atoms with Crippen LogP contribution in [0.25, 0.3) is 0 Å². The van der Waals surface area contributed by atoms with E-state index in [0.717, 1.165) is 0 Å². The summed E-state index contributed by atoms with van der Waals surface area (Å²) < 4.78 is 10.6. The lowest BCUT2D eigenvalue weighted by Crippen LogP contribution is -2.12. The van der Waals surface area contributed by atoms with E-state index in [1.807, 2.05) is 6.92 Å². The summed E-state index contributed by atoms with van der Waals surface area (Å²) in [4.78, 5) is 16.1. The van der Waals surface area contributed by atoms with E-state index >= 15 is 0 Å². The molecule has 0 fully saturated rings. The summed E-state index contributed by atoms with van der Waals surface area (Å²) >= 11 is 6.14. The highest BCUT2D eigenvalue weighted by Gasteiger charge is 2.15. The topological polar surface area (TPSA) is 60.5 Å². The van der Waals surface area contributed by atoms with Crippen LogP contribution in [0.15, 0.2) is 36.7 Å². The van der Waals surface area contributed by atoms with Gasteiger partial charge in [-0.1, -0.05) is 11.6 Å². The second-order valence-electron chi connectivity index (χ2n) is 4.11. The van der Waals surface area contributed by atoms with Crippen LogP contribution in [-0.2, 0) is 0 Å². The number of methoxy groups -OCH3 is 1. The third-order valence-corrected chi connectivity index (χ3v) is 3.00. The zero-order valence-corrected chi connectivity index (χ0v) is 12.5. The van der Waals surface area contributed by atoms with Crippen LogP contribution < -0.4 is 14.8 Å². The maximum absolute atomic E-state index is 12.2. The Hall–Kier alpha value is -2.27. The molecule has 0 spiro atoms. The minimum absolute atomic E-state index is 0.288. The molecule has 1 N–H and O–H groups in total. The number of anilines is 1. The molecule has 0 aliphatic heterocycles. The number of hydrogen-bond acceptors (Lipinski definition) is 4. The molecule has 1 heterocycles. The molecule has 5 nitrogen and oxygen atoms in total. The molecule has 0 atom stereocenters. The van der Waals surface area contributed by atoms with Gasteiger partial charge >= 0.3 is 0 Å². The summed E-state index contributed by atoms with van der Waals surface area (Å²) in [7, 11) is 1.50. The molecule has 1 aromatic heterocycles. The van der Waals surface area contributed by atoms with Crippen molar-refractivity contribution in [3.8, 4) is 11.5 Å². The van der Waals surface area contributed by atoms with E-state index in [2.05, 4.69) is 10.3 Å².